The molecule has 0 saturated heterocycles. The molecule has 4 nitrogen and oxygen atoms in total. The van der Waals surface area contributed by atoms with Gasteiger partial charge < -0.3 is 4.74 Å². The fourth-order valence-electron chi connectivity index (χ4n) is 2.50. The van der Waals surface area contributed by atoms with Crippen LogP contribution in [0.15, 0.2) is 29.0 Å². The molecular formula is C13H14BrN3O. The molecule has 0 radical (unpaired) electrons. The summed E-state index contributed by atoms with van der Waals surface area (Å²) in [6.07, 6.45) is 3.91. The van der Waals surface area contributed by atoms with E-state index >= 15 is 0 Å². The number of aromatic nitrogens is 3. The summed E-state index contributed by atoms with van der Waals surface area (Å²) in [4.78, 5) is 4.39. The summed E-state index contributed by atoms with van der Waals surface area (Å²) in [6, 6.07) is 6.22. The molecule has 1 aromatic carbocycles. The second-order valence-corrected chi connectivity index (χ2v) is 5.28. The number of methoxy groups -OCH3 is 1. The summed E-state index contributed by atoms with van der Waals surface area (Å²) < 4.78 is 8.25. The van der Waals surface area contributed by atoms with Crippen molar-refractivity contribution in [2.75, 3.05) is 7.11 Å². The first-order valence-electron chi connectivity index (χ1n) is 6.00. The maximum atomic E-state index is 5.26. The molecule has 1 aliphatic heterocycles. The van der Waals surface area contributed by atoms with Crippen molar-refractivity contribution in [3.05, 3.63) is 40.4 Å². The second-order valence-electron chi connectivity index (χ2n) is 4.43. The number of fused-ring (bicyclic) bond motifs is 1. The minimum atomic E-state index is 0.337. The first kappa shape index (κ1) is 11.7. The lowest BCUT2D eigenvalue weighted by Crippen LogP contribution is -2.18. The zero-order chi connectivity index (χ0) is 12.5. The van der Waals surface area contributed by atoms with E-state index in [0.717, 1.165) is 35.4 Å². The quantitative estimate of drug-likeness (QED) is 0.856. The normalized spacial score (nSPS) is 18.4. The zero-order valence-electron chi connectivity index (χ0n) is 10.1. The van der Waals surface area contributed by atoms with Gasteiger partial charge in [-0.05, 0) is 46.5 Å². The summed E-state index contributed by atoms with van der Waals surface area (Å²) in [5.41, 5.74) is 1.26. The Balaban J connectivity index is 2.00. The number of benzene rings is 1. The van der Waals surface area contributed by atoms with E-state index in [2.05, 4.69) is 38.1 Å². The maximum Gasteiger partial charge on any atom is 0.138 e. The molecule has 5 heteroatoms. The van der Waals surface area contributed by atoms with Crippen molar-refractivity contribution in [1.29, 1.82) is 0 Å². The highest BCUT2D eigenvalue weighted by Gasteiger charge is 2.24. The molecule has 0 N–H and O–H groups in total. The molecule has 1 aliphatic rings. The average molecular weight is 308 g/mol. The molecule has 0 amide bonds. The van der Waals surface area contributed by atoms with Crippen LogP contribution in [0.3, 0.4) is 0 Å². The molecule has 2 aromatic rings. The molecular weight excluding hydrogens is 294 g/mol. The lowest BCUT2D eigenvalue weighted by Gasteiger charge is -2.23. The second kappa shape index (κ2) is 4.72. The highest BCUT2D eigenvalue weighted by Crippen LogP contribution is 2.35. The third-order valence-electron chi connectivity index (χ3n) is 3.40. The number of aryl methyl sites for hydroxylation is 1. The summed E-state index contributed by atoms with van der Waals surface area (Å²) >= 11 is 3.54. The predicted octanol–water partition coefficient (Wildman–Crippen LogP) is 2.97. The third-order valence-corrected chi connectivity index (χ3v) is 4.02. The topological polar surface area (TPSA) is 39.9 Å². The Labute approximate surface area is 114 Å². The fourth-order valence-corrected chi connectivity index (χ4v) is 3.06. The van der Waals surface area contributed by atoms with E-state index in [1.165, 1.54) is 5.56 Å². The van der Waals surface area contributed by atoms with Crippen molar-refractivity contribution in [2.45, 2.75) is 25.3 Å². The molecule has 18 heavy (non-hydrogen) atoms. The molecule has 0 fully saturated rings. The number of hydrogen-bond donors (Lipinski definition) is 0. The number of hydrogen-bond acceptors (Lipinski definition) is 3. The molecule has 94 valence electrons. The molecule has 0 bridgehead atoms. The van der Waals surface area contributed by atoms with Crippen LogP contribution in [0.2, 0.25) is 0 Å². The number of halogens is 1. The Morgan fingerprint density at radius 1 is 1.44 bits per heavy atom. The van der Waals surface area contributed by atoms with Crippen LogP contribution in [0.25, 0.3) is 0 Å². The SMILES string of the molecule is COc1ccc(C2CCCn3ncnc32)cc1Br. The van der Waals surface area contributed by atoms with E-state index in [4.69, 9.17) is 4.74 Å². The smallest absolute Gasteiger partial charge is 0.138 e. The van der Waals surface area contributed by atoms with Crippen LogP contribution in [0, 0.1) is 0 Å². The van der Waals surface area contributed by atoms with Gasteiger partial charge in [-0.2, -0.15) is 5.10 Å². The third kappa shape index (κ3) is 1.92. The predicted molar refractivity (Wildman–Crippen MR) is 71.8 cm³/mol. The first-order valence-corrected chi connectivity index (χ1v) is 6.80. The molecule has 1 aromatic heterocycles. The standard InChI is InChI=1S/C13H14BrN3O/c1-18-12-5-4-9(7-11(12)14)10-3-2-6-17-13(10)15-8-16-17/h4-5,7-8,10H,2-3,6H2,1H3. The van der Waals surface area contributed by atoms with Gasteiger partial charge in [0.1, 0.15) is 17.9 Å². The zero-order valence-corrected chi connectivity index (χ0v) is 11.7. The Morgan fingerprint density at radius 3 is 3.11 bits per heavy atom. The van der Waals surface area contributed by atoms with E-state index in [9.17, 15) is 0 Å². The van der Waals surface area contributed by atoms with E-state index in [1.807, 2.05) is 10.7 Å². The fraction of sp³-hybridized carbons (Fsp3) is 0.385. The summed E-state index contributed by atoms with van der Waals surface area (Å²) in [5, 5.41) is 4.26. The molecule has 0 aliphatic carbocycles. The van der Waals surface area contributed by atoms with Crippen LogP contribution in [0.1, 0.15) is 30.1 Å². The van der Waals surface area contributed by atoms with Gasteiger partial charge in [-0.1, -0.05) is 6.07 Å². The molecule has 3 rings (SSSR count). The monoisotopic (exact) mass is 307 g/mol. The van der Waals surface area contributed by atoms with Crippen LogP contribution in [0.4, 0.5) is 0 Å². The highest BCUT2D eigenvalue weighted by atomic mass is 79.9. The van der Waals surface area contributed by atoms with E-state index in [-0.39, 0.29) is 0 Å². The Kier molecular flexibility index (Phi) is 3.07. The Morgan fingerprint density at radius 2 is 2.33 bits per heavy atom. The number of ether oxygens (including phenoxy) is 1. The van der Waals surface area contributed by atoms with Crippen molar-refractivity contribution >= 4 is 15.9 Å². The van der Waals surface area contributed by atoms with Gasteiger partial charge in [0.25, 0.3) is 0 Å². The van der Waals surface area contributed by atoms with Gasteiger partial charge in [-0.15, -0.1) is 0 Å². The van der Waals surface area contributed by atoms with Crippen molar-refractivity contribution in [3.8, 4) is 5.75 Å². The summed E-state index contributed by atoms with van der Waals surface area (Å²) in [5.74, 6) is 2.26. The first-order chi connectivity index (χ1) is 8.79. The van der Waals surface area contributed by atoms with Gasteiger partial charge in [0, 0.05) is 12.5 Å². The lowest BCUT2D eigenvalue weighted by molar-refractivity contribution is 0.411. The van der Waals surface area contributed by atoms with Crippen LogP contribution < -0.4 is 4.74 Å². The van der Waals surface area contributed by atoms with Gasteiger partial charge in [0.05, 0.1) is 11.6 Å². The molecule has 1 unspecified atom stereocenters. The average Bonchev–Trinajstić information content (AvgIpc) is 2.86. The van der Waals surface area contributed by atoms with Crippen LogP contribution in [-0.2, 0) is 6.54 Å². The van der Waals surface area contributed by atoms with Crippen molar-refractivity contribution < 1.29 is 4.74 Å². The molecule has 1 atom stereocenters. The number of nitrogens with zero attached hydrogens (tertiary/aromatic N) is 3. The molecule has 2 heterocycles. The largest absolute Gasteiger partial charge is 0.496 e. The summed E-state index contributed by atoms with van der Waals surface area (Å²) in [6.45, 7) is 0.975. The van der Waals surface area contributed by atoms with Crippen LogP contribution in [-0.4, -0.2) is 21.9 Å². The van der Waals surface area contributed by atoms with Crippen molar-refractivity contribution in [3.63, 3.8) is 0 Å². The van der Waals surface area contributed by atoms with Crippen LogP contribution in [0.5, 0.6) is 5.75 Å². The molecule has 0 saturated carbocycles. The highest BCUT2D eigenvalue weighted by molar-refractivity contribution is 9.10. The van der Waals surface area contributed by atoms with Gasteiger partial charge >= 0.3 is 0 Å². The van der Waals surface area contributed by atoms with E-state index < -0.39 is 0 Å². The van der Waals surface area contributed by atoms with E-state index in [0.29, 0.717) is 5.92 Å². The minimum absolute atomic E-state index is 0.337. The van der Waals surface area contributed by atoms with Gasteiger partial charge in [0.15, 0.2) is 0 Å². The Bertz CT molecular complexity index is 567. The Hall–Kier alpha value is -1.36. The minimum Gasteiger partial charge on any atom is -0.496 e. The van der Waals surface area contributed by atoms with E-state index in [1.54, 1.807) is 13.4 Å². The lowest BCUT2D eigenvalue weighted by atomic mass is 9.91. The van der Waals surface area contributed by atoms with Gasteiger partial charge in [-0.25, -0.2) is 9.67 Å². The van der Waals surface area contributed by atoms with Crippen molar-refractivity contribution in [1.82, 2.24) is 14.8 Å². The van der Waals surface area contributed by atoms with Gasteiger partial charge in [-0.3, -0.25) is 0 Å². The maximum absolute atomic E-state index is 5.26. The molecule has 0 spiro atoms. The summed E-state index contributed by atoms with van der Waals surface area (Å²) in [7, 11) is 1.68. The van der Waals surface area contributed by atoms with Crippen molar-refractivity contribution in [2.24, 2.45) is 0 Å². The van der Waals surface area contributed by atoms with Crippen LogP contribution >= 0.6 is 15.9 Å². The number of rotatable bonds is 2. The van der Waals surface area contributed by atoms with Gasteiger partial charge in [0.2, 0.25) is 0 Å².